The van der Waals surface area contributed by atoms with Crippen molar-refractivity contribution in [2.24, 2.45) is 7.05 Å². The van der Waals surface area contributed by atoms with Crippen molar-refractivity contribution < 1.29 is 26.0 Å². The van der Waals surface area contributed by atoms with E-state index in [4.69, 9.17) is 0 Å². The van der Waals surface area contributed by atoms with Crippen LogP contribution < -0.4 is 5.32 Å². The van der Waals surface area contributed by atoms with Gasteiger partial charge in [-0.25, -0.2) is 17.8 Å². The maximum absolute atomic E-state index is 14.5. The van der Waals surface area contributed by atoms with Crippen molar-refractivity contribution in [1.29, 1.82) is 0 Å². The number of nitrogens with zero attached hydrogens (tertiary/aromatic N) is 4. The molecule has 2 atom stereocenters. The summed E-state index contributed by atoms with van der Waals surface area (Å²) in [5.74, 6) is -1.35. The predicted molar refractivity (Wildman–Crippen MR) is 108 cm³/mol. The molecule has 1 aliphatic rings. The highest BCUT2D eigenvalue weighted by atomic mass is 32.2. The van der Waals surface area contributed by atoms with Crippen LogP contribution in [0.1, 0.15) is 17.2 Å². The van der Waals surface area contributed by atoms with Crippen LogP contribution in [0.2, 0.25) is 0 Å². The molecule has 12 heteroatoms. The minimum Gasteiger partial charge on any atom is -0.380 e. The summed E-state index contributed by atoms with van der Waals surface area (Å²) in [4.78, 5) is 7.96. The maximum atomic E-state index is 14.5. The van der Waals surface area contributed by atoms with E-state index in [0.29, 0.717) is 0 Å². The summed E-state index contributed by atoms with van der Waals surface area (Å²) < 4.78 is 82.5. The summed E-state index contributed by atoms with van der Waals surface area (Å²) in [5.41, 5.74) is -0.669. The lowest BCUT2D eigenvalue weighted by atomic mass is 9.98. The van der Waals surface area contributed by atoms with E-state index in [9.17, 15) is 26.0 Å². The molecule has 2 aromatic heterocycles. The number of aryl methyl sites for hydroxylation is 1. The number of sulfonamides is 1. The molecule has 0 aliphatic carbocycles. The first-order valence-electron chi connectivity index (χ1n) is 9.58. The topological polar surface area (TPSA) is 80.1 Å². The largest absolute Gasteiger partial charge is 0.416 e. The van der Waals surface area contributed by atoms with Gasteiger partial charge in [0.15, 0.2) is 5.03 Å². The van der Waals surface area contributed by atoms with Crippen LogP contribution in [0.25, 0.3) is 0 Å². The monoisotopic (exact) mass is 469 g/mol. The maximum Gasteiger partial charge on any atom is 0.416 e. The van der Waals surface area contributed by atoms with E-state index in [1.165, 1.54) is 47.6 Å². The molecule has 4 rings (SSSR count). The zero-order chi connectivity index (χ0) is 23.1. The van der Waals surface area contributed by atoms with Crippen molar-refractivity contribution in [3.8, 4) is 0 Å². The van der Waals surface area contributed by atoms with Crippen LogP contribution in [0.15, 0.2) is 60.1 Å². The first kappa shape index (κ1) is 22.2. The average Bonchev–Trinajstić information content (AvgIpc) is 3.35. The lowest BCUT2D eigenvalue weighted by Gasteiger charge is -2.21. The van der Waals surface area contributed by atoms with Gasteiger partial charge < -0.3 is 9.88 Å². The van der Waals surface area contributed by atoms with Crippen molar-refractivity contribution in [2.75, 3.05) is 18.4 Å². The molecule has 0 bridgehead atoms. The fourth-order valence-electron chi connectivity index (χ4n) is 3.71. The van der Waals surface area contributed by atoms with Gasteiger partial charge in [0.05, 0.1) is 17.6 Å². The van der Waals surface area contributed by atoms with Gasteiger partial charge in [0.25, 0.3) is 10.0 Å². The summed E-state index contributed by atoms with van der Waals surface area (Å²) in [6, 6.07) is 6.46. The zero-order valence-electron chi connectivity index (χ0n) is 16.8. The van der Waals surface area contributed by atoms with E-state index < -0.39 is 39.5 Å². The number of imidazole rings is 1. The molecule has 1 aromatic carbocycles. The molecular formula is C20H19F4N5O2S. The van der Waals surface area contributed by atoms with Gasteiger partial charge in [-0.1, -0.05) is 6.07 Å². The van der Waals surface area contributed by atoms with Crippen molar-refractivity contribution in [1.82, 2.24) is 18.8 Å². The molecule has 0 saturated carbocycles. The average molecular weight is 469 g/mol. The van der Waals surface area contributed by atoms with Crippen molar-refractivity contribution in [2.45, 2.75) is 23.2 Å². The Labute approximate surface area is 181 Å². The third-order valence-electron chi connectivity index (χ3n) is 5.25. The summed E-state index contributed by atoms with van der Waals surface area (Å²) >= 11 is 0. The Hall–Kier alpha value is -2.99. The highest BCUT2D eigenvalue weighted by Crippen LogP contribution is 2.35. The van der Waals surface area contributed by atoms with Gasteiger partial charge in [-0.15, -0.1) is 0 Å². The van der Waals surface area contributed by atoms with E-state index in [-0.39, 0.29) is 29.5 Å². The molecule has 32 heavy (non-hydrogen) atoms. The molecule has 1 aliphatic heterocycles. The Kier molecular flexibility index (Phi) is 5.67. The number of anilines is 1. The number of hydrogen-bond acceptors (Lipinski definition) is 5. The Bertz CT molecular complexity index is 1230. The van der Waals surface area contributed by atoms with E-state index in [1.54, 1.807) is 7.05 Å². The highest BCUT2D eigenvalue weighted by molar-refractivity contribution is 7.89. The van der Waals surface area contributed by atoms with Crippen LogP contribution in [0.4, 0.5) is 23.2 Å². The van der Waals surface area contributed by atoms with E-state index in [2.05, 4.69) is 15.3 Å². The SMILES string of the molecule is Cn1cnc(S(=O)(=O)N2CC(Nc3cccc(C(F)(F)F)c3)C(c3ncccc3F)C2)c1. The third-order valence-corrected chi connectivity index (χ3v) is 6.97. The number of hydrogen-bond donors (Lipinski definition) is 1. The number of pyridine rings is 1. The summed E-state index contributed by atoms with van der Waals surface area (Å²) in [6.07, 6.45) is -0.458. The Morgan fingerprint density at radius 3 is 2.56 bits per heavy atom. The van der Waals surface area contributed by atoms with Crippen LogP contribution in [0.5, 0.6) is 0 Å². The van der Waals surface area contributed by atoms with Gasteiger partial charge in [-0.05, 0) is 30.3 Å². The van der Waals surface area contributed by atoms with Gasteiger partial charge in [0.2, 0.25) is 0 Å². The molecule has 3 heterocycles. The molecule has 1 fully saturated rings. The van der Waals surface area contributed by atoms with Crippen LogP contribution in [0.3, 0.4) is 0 Å². The smallest absolute Gasteiger partial charge is 0.380 e. The van der Waals surface area contributed by atoms with Gasteiger partial charge in [-0.3, -0.25) is 4.98 Å². The Morgan fingerprint density at radius 1 is 1.12 bits per heavy atom. The van der Waals surface area contributed by atoms with E-state index in [0.717, 1.165) is 16.4 Å². The second-order valence-corrected chi connectivity index (χ2v) is 9.39. The quantitative estimate of drug-likeness (QED) is 0.581. The standard InChI is InChI=1S/C20H19F4N5O2S/c1-28-11-18(26-12-28)32(30,31)29-9-15(19-16(21)6-3-7-25-19)17(10-29)27-14-5-2-4-13(8-14)20(22,23)24/h2-8,11-12,15,17,27H,9-10H2,1H3. The number of aromatic nitrogens is 3. The normalized spacial score (nSPS) is 19.9. The molecule has 2 unspecified atom stereocenters. The van der Waals surface area contributed by atoms with Crippen molar-refractivity contribution in [3.05, 3.63) is 72.2 Å². The number of rotatable bonds is 5. The number of nitrogens with one attached hydrogen (secondary N) is 1. The van der Waals surface area contributed by atoms with Crippen LogP contribution >= 0.6 is 0 Å². The fraction of sp³-hybridized carbons (Fsp3) is 0.300. The molecular weight excluding hydrogens is 450 g/mol. The third kappa shape index (κ3) is 4.32. The van der Waals surface area contributed by atoms with Crippen LogP contribution in [0, 0.1) is 5.82 Å². The molecule has 3 aromatic rings. The van der Waals surface area contributed by atoms with Gasteiger partial charge in [0.1, 0.15) is 5.82 Å². The number of alkyl halides is 3. The molecule has 1 saturated heterocycles. The highest BCUT2D eigenvalue weighted by Gasteiger charge is 2.42. The molecule has 0 spiro atoms. The van der Waals surface area contributed by atoms with E-state index >= 15 is 0 Å². The first-order chi connectivity index (χ1) is 15.1. The lowest BCUT2D eigenvalue weighted by Crippen LogP contribution is -2.32. The number of benzene rings is 1. The van der Waals surface area contributed by atoms with Crippen LogP contribution in [-0.4, -0.2) is 46.4 Å². The van der Waals surface area contributed by atoms with Gasteiger partial charge in [-0.2, -0.15) is 17.5 Å². The Morgan fingerprint density at radius 2 is 1.91 bits per heavy atom. The summed E-state index contributed by atoms with van der Waals surface area (Å²) in [6.45, 7) is -0.209. The van der Waals surface area contributed by atoms with Crippen LogP contribution in [-0.2, 0) is 23.2 Å². The zero-order valence-corrected chi connectivity index (χ0v) is 17.6. The summed E-state index contributed by atoms with van der Waals surface area (Å²) in [7, 11) is -2.37. The summed E-state index contributed by atoms with van der Waals surface area (Å²) in [5, 5.41) is 2.78. The second-order valence-electron chi connectivity index (χ2n) is 7.51. The molecule has 7 nitrogen and oxygen atoms in total. The molecule has 0 amide bonds. The predicted octanol–water partition coefficient (Wildman–Crippen LogP) is 3.24. The fourth-order valence-corrected chi connectivity index (χ4v) is 5.17. The number of halogens is 4. The first-order valence-corrected chi connectivity index (χ1v) is 11.0. The lowest BCUT2D eigenvalue weighted by molar-refractivity contribution is -0.137. The van der Waals surface area contributed by atoms with E-state index in [1.807, 2.05) is 0 Å². The Balaban J connectivity index is 1.68. The van der Waals surface area contributed by atoms with Gasteiger partial charge in [0, 0.05) is 50.2 Å². The van der Waals surface area contributed by atoms with Gasteiger partial charge >= 0.3 is 6.18 Å². The van der Waals surface area contributed by atoms with Crippen molar-refractivity contribution >= 4 is 15.7 Å². The van der Waals surface area contributed by atoms with Crippen molar-refractivity contribution in [3.63, 3.8) is 0 Å². The minimum absolute atomic E-state index is 0.0377. The molecule has 170 valence electrons. The molecule has 1 N–H and O–H groups in total. The minimum atomic E-state index is -4.53. The molecule has 0 radical (unpaired) electrons. The second kappa shape index (κ2) is 8.17.